The number of Topliss-reactive ketones (excluding diaryl/α,β-unsaturated/α-hetero) is 1. The van der Waals surface area contributed by atoms with Gasteiger partial charge in [-0.15, -0.1) is 0 Å². The van der Waals surface area contributed by atoms with Crippen LogP contribution in [-0.2, 0) is 19.6 Å². The minimum absolute atomic E-state index is 0.235. The summed E-state index contributed by atoms with van der Waals surface area (Å²) in [5.74, 6) is 0.235. The van der Waals surface area contributed by atoms with Gasteiger partial charge < -0.3 is 4.74 Å². The molecule has 2 aliphatic heterocycles. The zero-order valence-electron chi connectivity index (χ0n) is 9.44. The summed E-state index contributed by atoms with van der Waals surface area (Å²) >= 11 is 0. The Morgan fingerprint density at radius 1 is 1.31 bits per heavy atom. The monoisotopic (exact) mass is 247 g/mol. The van der Waals surface area contributed by atoms with Crippen LogP contribution in [0.4, 0.5) is 0 Å². The first kappa shape index (κ1) is 12.0. The third-order valence-electron chi connectivity index (χ3n) is 3.41. The molecule has 0 aromatic heterocycles. The van der Waals surface area contributed by atoms with Crippen molar-refractivity contribution < 1.29 is 17.9 Å². The Balaban J connectivity index is 2.01. The third kappa shape index (κ3) is 2.44. The van der Waals surface area contributed by atoms with E-state index in [1.54, 1.807) is 0 Å². The standard InChI is InChI=1S/C10H17NO4S/c1-16(13,14)11-5-3-10(4-6-11)8-9(12)2-7-15-10/h2-8H2,1H3. The normalized spacial score (nSPS) is 27.2. The van der Waals surface area contributed by atoms with Crippen molar-refractivity contribution in [1.82, 2.24) is 4.31 Å². The number of piperidine rings is 1. The molecule has 1 spiro atoms. The van der Waals surface area contributed by atoms with Gasteiger partial charge in [-0.3, -0.25) is 4.79 Å². The summed E-state index contributed by atoms with van der Waals surface area (Å²) in [6, 6.07) is 0. The Kier molecular flexibility index (Phi) is 3.07. The van der Waals surface area contributed by atoms with Crippen LogP contribution in [0.1, 0.15) is 25.7 Å². The van der Waals surface area contributed by atoms with Gasteiger partial charge in [0.15, 0.2) is 0 Å². The number of carbonyl (C=O) groups excluding carboxylic acids is 1. The highest BCUT2D eigenvalue weighted by Crippen LogP contribution is 2.33. The van der Waals surface area contributed by atoms with Crippen molar-refractivity contribution in [3.8, 4) is 0 Å². The van der Waals surface area contributed by atoms with Crippen LogP contribution in [0, 0.1) is 0 Å². The van der Waals surface area contributed by atoms with Crippen molar-refractivity contribution in [1.29, 1.82) is 0 Å². The Morgan fingerprint density at radius 3 is 2.44 bits per heavy atom. The lowest BCUT2D eigenvalue weighted by Crippen LogP contribution is -2.50. The maximum atomic E-state index is 11.4. The smallest absolute Gasteiger partial charge is 0.211 e. The minimum atomic E-state index is -3.10. The Morgan fingerprint density at radius 2 is 1.94 bits per heavy atom. The van der Waals surface area contributed by atoms with Crippen molar-refractivity contribution in [2.75, 3.05) is 26.0 Å². The zero-order valence-corrected chi connectivity index (χ0v) is 10.3. The number of nitrogens with zero attached hydrogens (tertiary/aromatic N) is 1. The van der Waals surface area contributed by atoms with Gasteiger partial charge in [0.2, 0.25) is 10.0 Å². The van der Waals surface area contributed by atoms with E-state index in [1.165, 1.54) is 10.6 Å². The summed E-state index contributed by atoms with van der Waals surface area (Å²) in [6.07, 6.45) is 3.43. The number of rotatable bonds is 1. The van der Waals surface area contributed by atoms with E-state index in [-0.39, 0.29) is 11.4 Å². The number of ketones is 1. The molecule has 0 saturated carbocycles. The third-order valence-corrected chi connectivity index (χ3v) is 4.71. The summed E-state index contributed by atoms with van der Waals surface area (Å²) in [4.78, 5) is 11.4. The summed E-state index contributed by atoms with van der Waals surface area (Å²) in [7, 11) is -3.10. The Bertz CT molecular complexity index is 382. The molecule has 2 aliphatic rings. The molecule has 0 unspecified atom stereocenters. The van der Waals surface area contributed by atoms with Crippen molar-refractivity contribution in [2.24, 2.45) is 0 Å². The molecule has 2 rings (SSSR count). The highest BCUT2D eigenvalue weighted by Gasteiger charge is 2.41. The molecule has 2 saturated heterocycles. The molecule has 0 bridgehead atoms. The van der Waals surface area contributed by atoms with Crippen LogP contribution in [-0.4, -0.2) is 50.1 Å². The average Bonchev–Trinajstić information content (AvgIpc) is 2.16. The van der Waals surface area contributed by atoms with Crippen LogP contribution in [0.3, 0.4) is 0 Å². The van der Waals surface area contributed by atoms with Crippen LogP contribution in [0.5, 0.6) is 0 Å². The Hall–Kier alpha value is -0.460. The predicted octanol–water partition coefficient (Wildman–Crippen LogP) is 0.160. The van der Waals surface area contributed by atoms with Gasteiger partial charge in [0.25, 0.3) is 0 Å². The quantitative estimate of drug-likeness (QED) is 0.662. The highest BCUT2D eigenvalue weighted by molar-refractivity contribution is 7.88. The molecule has 6 heteroatoms. The number of carbonyl (C=O) groups is 1. The molecular formula is C10H17NO4S. The van der Waals surface area contributed by atoms with E-state index in [0.29, 0.717) is 45.4 Å². The number of sulfonamides is 1. The van der Waals surface area contributed by atoms with E-state index >= 15 is 0 Å². The van der Waals surface area contributed by atoms with Gasteiger partial charge in [-0.25, -0.2) is 12.7 Å². The lowest BCUT2D eigenvalue weighted by Gasteiger charge is -2.42. The molecular weight excluding hydrogens is 230 g/mol. The molecule has 0 atom stereocenters. The number of ether oxygens (including phenoxy) is 1. The van der Waals surface area contributed by atoms with Crippen LogP contribution >= 0.6 is 0 Å². The lowest BCUT2D eigenvalue weighted by atomic mass is 9.85. The first-order valence-corrected chi connectivity index (χ1v) is 7.37. The lowest BCUT2D eigenvalue weighted by molar-refractivity contribution is -0.145. The second-order valence-corrected chi connectivity index (χ2v) is 6.64. The molecule has 0 radical (unpaired) electrons. The van der Waals surface area contributed by atoms with Gasteiger partial charge >= 0.3 is 0 Å². The molecule has 92 valence electrons. The molecule has 2 heterocycles. The van der Waals surface area contributed by atoms with Gasteiger partial charge in [0.05, 0.1) is 18.5 Å². The average molecular weight is 247 g/mol. The van der Waals surface area contributed by atoms with E-state index in [9.17, 15) is 13.2 Å². The molecule has 0 aliphatic carbocycles. The van der Waals surface area contributed by atoms with E-state index in [2.05, 4.69) is 0 Å². The van der Waals surface area contributed by atoms with Crippen molar-refractivity contribution in [3.05, 3.63) is 0 Å². The van der Waals surface area contributed by atoms with Crippen LogP contribution in [0.25, 0.3) is 0 Å². The number of hydrogen-bond acceptors (Lipinski definition) is 4. The second kappa shape index (κ2) is 4.09. The van der Waals surface area contributed by atoms with Gasteiger partial charge in [0, 0.05) is 25.9 Å². The van der Waals surface area contributed by atoms with Gasteiger partial charge in [-0.2, -0.15) is 0 Å². The van der Waals surface area contributed by atoms with Crippen molar-refractivity contribution >= 4 is 15.8 Å². The molecule has 2 fully saturated rings. The maximum Gasteiger partial charge on any atom is 0.211 e. The van der Waals surface area contributed by atoms with Gasteiger partial charge in [0.1, 0.15) is 5.78 Å². The highest BCUT2D eigenvalue weighted by atomic mass is 32.2. The fraction of sp³-hybridized carbons (Fsp3) is 0.900. The summed E-state index contributed by atoms with van der Waals surface area (Å²) in [6.45, 7) is 1.41. The van der Waals surface area contributed by atoms with Crippen molar-refractivity contribution in [2.45, 2.75) is 31.3 Å². The summed E-state index contributed by atoms with van der Waals surface area (Å²) < 4.78 is 29.8. The first-order valence-electron chi connectivity index (χ1n) is 5.52. The largest absolute Gasteiger partial charge is 0.374 e. The van der Waals surface area contributed by atoms with Crippen LogP contribution in [0.15, 0.2) is 0 Å². The number of hydrogen-bond donors (Lipinski definition) is 0. The summed E-state index contributed by atoms with van der Waals surface area (Å²) in [5.41, 5.74) is -0.378. The van der Waals surface area contributed by atoms with Crippen LogP contribution in [0.2, 0.25) is 0 Å². The van der Waals surface area contributed by atoms with E-state index < -0.39 is 10.0 Å². The second-order valence-electron chi connectivity index (χ2n) is 4.66. The van der Waals surface area contributed by atoms with Gasteiger partial charge in [-0.1, -0.05) is 0 Å². The fourth-order valence-electron chi connectivity index (χ4n) is 2.43. The molecule has 0 aromatic carbocycles. The van der Waals surface area contributed by atoms with Crippen LogP contribution < -0.4 is 0 Å². The van der Waals surface area contributed by atoms with E-state index in [0.717, 1.165) is 0 Å². The topological polar surface area (TPSA) is 63.7 Å². The van der Waals surface area contributed by atoms with Crippen molar-refractivity contribution in [3.63, 3.8) is 0 Å². The zero-order chi connectivity index (χ0) is 11.8. The van der Waals surface area contributed by atoms with E-state index in [1.807, 2.05) is 0 Å². The SMILES string of the molecule is CS(=O)(=O)N1CCC2(CC1)CC(=O)CCO2. The molecule has 0 N–H and O–H groups in total. The maximum absolute atomic E-state index is 11.4. The molecule has 16 heavy (non-hydrogen) atoms. The molecule has 0 amide bonds. The Labute approximate surface area is 95.8 Å². The minimum Gasteiger partial charge on any atom is -0.374 e. The molecule has 5 nitrogen and oxygen atoms in total. The van der Waals surface area contributed by atoms with E-state index in [4.69, 9.17) is 4.74 Å². The predicted molar refractivity (Wildman–Crippen MR) is 58.6 cm³/mol. The molecule has 0 aromatic rings. The fourth-order valence-corrected chi connectivity index (χ4v) is 3.27. The summed E-state index contributed by atoms with van der Waals surface area (Å²) in [5, 5.41) is 0. The first-order chi connectivity index (χ1) is 7.41. The van der Waals surface area contributed by atoms with Gasteiger partial charge in [-0.05, 0) is 12.8 Å².